The molecule has 1 fully saturated rings. The number of amides is 1. The number of carbonyl (C=O) groups excluding carboxylic acids is 1. The minimum Gasteiger partial charge on any atom is -0.343 e. The highest BCUT2D eigenvalue weighted by Gasteiger charge is 2.10. The summed E-state index contributed by atoms with van der Waals surface area (Å²) in [5.74, 6) is 0. The van der Waals surface area contributed by atoms with Crippen molar-refractivity contribution in [1.29, 1.82) is 0 Å². The van der Waals surface area contributed by atoms with E-state index >= 15 is 0 Å². The third kappa shape index (κ3) is 1.20. The summed E-state index contributed by atoms with van der Waals surface area (Å²) in [4.78, 5) is 9.81. The van der Waals surface area contributed by atoms with Crippen LogP contribution < -0.4 is 10.6 Å². The summed E-state index contributed by atoms with van der Waals surface area (Å²) in [6.45, 7) is 1.03. The molecule has 1 heterocycles. The third-order valence-electron chi connectivity index (χ3n) is 1.33. The maximum Gasteiger partial charge on any atom is 0.208 e. The summed E-state index contributed by atoms with van der Waals surface area (Å²) in [5, 5.41) is 5.77. The Morgan fingerprint density at radius 2 is 2.62 bits per heavy atom. The molecule has 1 atom stereocenters. The van der Waals surface area contributed by atoms with Gasteiger partial charge < -0.3 is 5.32 Å². The smallest absolute Gasteiger partial charge is 0.208 e. The van der Waals surface area contributed by atoms with Gasteiger partial charge in [-0.2, -0.15) is 0 Å². The number of carbonyl (C=O) groups is 1. The summed E-state index contributed by atoms with van der Waals surface area (Å²) < 4.78 is 0. The fourth-order valence-electron chi connectivity index (χ4n) is 0.909. The van der Waals surface area contributed by atoms with Crippen LogP contribution in [0.3, 0.4) is 0 Å². The zero-order chi connectivity index (χ0) is 5.82. The molecule has 0 aliphatic carbocycles. The molecular formula is C5H10N2O. The predicted molar refractivity (Wildman–Crippen MR) is 30.2 cm³/mol. The molecule has 0 radical (unpaired) electrons. The molecule has 0 aromatic rings. The SMILES string of the molecule is O=CN[C@H]1CCCN1. The van der Waals surface area contributed by atoms with Crippen molar-refractivity contribution in [3.8, 4) is 0 Å². The average molecular weight is 114 g/mol. The molecule has 2 N–H and O–H groups in total. The Morgan fingerprint density at radius 3 is 3.12 bits per heavy atom. The topological polar surface area (TPSA) is 41.1 Å². The monoisotopic (exact) mass is 114 g/mol. The van der Waals surface area contributed by atoms with Crippen molar-refractivity contribution in [2.24, 2.45) is 0 Å². The fraction of sp³-hybridized carbons (Fsp3) is 0.800. The highest BCUT2D eigenvalue weighted by atomic mass is 16.1. The lowest BCUT2D eigenvalue weighted by molar-refractivity contribution is -0.110. The first-order valence-corrected chi connectivity index (χ1v) is 2.86. The average Bonchev–Trinajstić information content (AvgIpc) is 2.19. The fourth-order valence-corrected chi connectivity index (χ4v) is 0.909. The molecule has 1 amide bonds. The van der Waals surface area contributed by atoms with Crippen molar-refractivity contribution >= 4 is 6.41 Å². The number of hydrogen-bond acceptors (Lipinski definition) is 2. The minimum absolute atomic E-state index is 0.243. The van der Waals surface area contributed by atoms with Gasteiger partial charge in [0, 0.05) is 0 Å². The lowest BCUT2D eigenvalue weighted by Crippen LogP contribution is -2.35. The molecular weight excluding hydrogens is 104 g/mol. The van der Waals surface area contributed by atoms with Gasteiger partial charge >= 0.3 is 0 Å². The van der Waals surface area contributed by atoms with Crippen molar-refractivity contribution in [1.82, 2.24) is 10.6 Å². The van der Waals surface area contributed by atoms with Gasteiger partial charge in [0.2, 0.25) is 6.41 Å². The van der Waals surface area contributed by atoms with Crippen LogP contribution in [-0.4, -0.2) is 19.1 Å². The van der Waals surface area contributed by atoms with Crippen LogP contribution in [0.15, 0.2) is 0 Å². The molecule has 1 rings (SSSR count). The lowest BCUT2D eigenvalue weighted by Gasteiger charge is -2.05. The molecule has 1 aliphatic rings. The van der Waals surface area contributed by atoms with Crippen LogP contribution in [0.25, 0.3) is 0 Å². The second-order valence-corrected chi connectivity index (χ2v) is 1.93. The Balaban J connectivity index is 2.14. The van der Waals surface area contributed by atoms with Crippen molar-refractivity contribution in [2.75, 3.05) is 6.54 Å². The quantitative estimate of drug-likeness (QED) is 0.472. The normalized spacial score (nSPS) is 27.8. The first kappa shape index (κ1) is 5.56. The summed E-state index contributed by atoms with van der Waals surface area (Å²) in [5.41, 5.74) is 0. The number of rotatable bonds is 2. The molecule has 3 heteroatoms. The van der Waals surface area contributed by atoms with E-state index in [4.69, 9.17) is 0 Å². The van der Waals surface area contributed by atoms with Crippen LogP contribution in [0.4, 0.5) is 0 Å². The molecule has 1 saturated heterocycles. The summed E-state index contributed by atoms with van der Waals surface area (Å²) in [6, 6.07) is 0. The zero-order valence-corrected chi connectivity index (χ0v) is 4.68. The van der Waals surface area contributed by atoms with Gasteiger partial charge in [-0.25, -0.2) is 0 Å². The predicted octanol–water partition coefficient (Wildman–Crippen LogP) is -0.558. The van der Waals surface area contributed by atoms with Crippen LogP contribution in [0.1, 0.15) is 12.8 Å². The van der Waals surface area contributed by atoms with E-state index in [1.54, 1.807) is 0 Å². The van der Waals surface area contributed by atoms with E-state index in [-0.39, 0.29) is 6.17 Å². The lowest BCUT2D eigenvalue weighted by atomic mass is 10.3. The van der Waals surface area contributed by atoms with Crippen molar-refractivity contribution in [3.05, 3.63) is 0 Å². The van der Waals surface area contributed by atoms with Gasteiger partial charge in [-0.05, 0) is 19.4 Å². The zero-order valence-electron chi connectivity index (χ0n) is 4.68. The maximum atomic E-state index is 9.81. The third-order valence-corrected chi connectivity index (χ3v) is 1.33. The molecule has 0 saturated carbocycles. The summed E-state index contributed by atoms with van der Waals surface area (Å²) >= 11 is 0. The molecule has 0 spiro atoms. The Kier molecular flexibility index (Phi) is 1.86. The molecule has 46 valence electrons. The van der Waals surface area contributed by atoms with Gasteiger partial charge in [-0.3, -0.25) is 10.1 Å². The van der Waals surface area contributed by atoms with Crippen LogP contribution in [-0.2, 0) is 4.79 Å². The molecule has 0 aromatic carbocycles. The van der Waals surface area contributed by atoms with E-state index in [0.29, 0.717) is 0 Å². The van der Waals surface area contributed by atoms with Gasteiger partial charge in [-0.15, -0.1) is 0 Å². The Labute approximate surface area is 48.5 Å². The van der Waals surface area contributed by atoms with E-state index in [0.717, 1.165) is 19.4 Å². The van der Waals surface area contributed by atoms with Crippen molar-refractivity contribution in [3.63, 3.8) is 0 Å². The van der Waals surface area contributed by atoms with Gasteiger partial charge in [0.05, 0.1) is 6.17 Å². The van der Waals surface area contributed by atoms with Crippen molar-refractivity contribution in [2.45, 2.75) is 19.0 Å². The van der Waals surface area contributed by atoms with Crippen LogP contribution >= 0.6 is 0 Å². The molecule has 3 nitrogen and oxygen atoms in total. The van der Waals surface area contributed by atoms with Gasteiger partial charge in [0.25, 0.3) is 0 Å². The van der Waals surface area contributed by atoms with E-state index < -0.39 is 0 Å². The van der Waals surface area contributed by atoms with Crippen LogP contribution in [0.2, 0.25) is 0 Å². The highest BCUT2D eigenvalue weighted by molar-refractivity contribution is 5.46. The highest BCUT2D eigenvalue weighted by Crippen LogP contribution is 1.99. The van der Waals surface area contributed by atoms with Crippen LogP contribution in [0.5, 0.6) is 0 Å². The summed E-state index contributed by atoms with van der Waals surface area (Å²) in [6.07, 6.45) is 3.22. The van der Waals surface area contributed by atoms with E-state index in [2.05, 4.69) is 10.6 Å². The molecule has 0 bridgehead atoms. The van der Waals surface area contributed by atoms with Gasteiger partial charge in [0.15, 0.2) is 0 Å². The molecule has 0 unspecified atom stereocenters. The number of hydrogen-bond donors (Lipinski definition) is 2. The summed E-state index contributed by atoms with van der Waals surface area (Å²) in [7, 11) is 0. The molecule has 0 aromatic heterocycles. The Bertz CT molecular complexity index is 78.5. The van der Waals surface area contributed by atoms with E-state index in [1.165, 1.54) is 6.42 Å². The number of nitrogens with one attached hydrogen (secondary N) is 2. The Morgan fingerprint density at radius 1 is 1.75 bits per heavy atom. The second-order valence-electron chi connectivity index (χ2n) is 1.93. The van der Waals surface area contributed by atoms with Gasteiger partial charge in [-0.1, -0.05) is 0 Å². The van der Waals surface area contributed by atoms with Crippen LogP contribution in [0, 0.1) is 0 Å². The Hall–Kier alpha value is -0.570. The second kappa shape index (κ2) is 2.67. The standard InChI is InChI=1S/C5H10N2O/c8-4-7-5-2-1-3-6-5/h4-6H,1-3H2,(H,7,8)/t5-/m0/s1. The first-order valence-electron chi connectivity index (χ1n) is 2.86. The van der Waals surface area contributed by atoms with Crippen molar-refractivity contribution < 1.29 is 4.79 Å². The largest absolute Gasteiger partial charge is 0.343 e. The van der Waals surface area contributed by atoms with Gasteiger partial charge in [0.1, 0.15) is 0 Å². The molecule has 8 heavy (non-hydrogen) atoms. The van der Waals surface area contributed by atoms with E-state index in [9.17, 15) is 4.79 Å². The van der Waals surface area contributed by atoms with E-state index in [1.807, 2.05) is 0 Å². The minimum atomic E-state index is 0.243. The maximum absolute atomic E-state index is 9.81. The molecule has 1 aliphatic heterocycles. The first-order chi connectivity index (χ1) is 3.93.